The van der Waals surface area contributed by atoms with Crippen molar-refractivity contribution in [3.05, 3.63) is 35.3 Å². The number of benzene rings is 1. The molecule has 1 saturated heterocycles. The molecule has 2 heterocycles. The second-order valence-electron chi connectivity index (χ2n) is 4.92. The number of halogens is 1. The largest absolute Gasteiger partial charge is 0.358 e. The molecule has 17 heavy (non-hydrogen) atoms. The molecule has 90 valence electrons. The number of hydrogen-bond donors (Lipinski definition) is 2. The second kappa shape index (κ2) is 4.15. The zero-order valence-corrected chi connectivity index (χ0v) is 10.0. The van der Waals surface area contributed by atoms with E-state index >= 15 is 0 Å². The van der Waals surface area contributed by atoms with Crippen molar-refractivity contribution in [2.75, 3.05) is 6.54 Å². The van der Waals surface area contributed by atoms with Gasteiger partial charge in [0, 0.05) is 22.6 Å². The third-order valence-electron chi connectivity index (χ3n) is 3.69. The molecule has 1 aliphatic rings. The number of H-pyrrole nitrogens is 1. The van der Waals surface area contributed by atoms with Crippen LogP contribution in [0.3, 0.4) is 0 Å². The highest BCUT2D eigenvalue weighted by Crippen LogP contribution is 2.25. The van der Waals surface area contributed by atoms with E-state index in [2.05, 4.69) is 17.2 Å². The molecule has 3 heteroatoms. The van der Waals surface area contributed by atoms with Gasteiger partial charge in [-0.3, -0.25) is 0 Å². The van der Waals surface area contributed by atoms with Crippen LogP contribution in [0.2, 0.25) is 0 Å². The molecule has 0 aliphatic carbocycles. The maximum absolute atomic E-state index is 13.3. The first-order valence-electron chi connectivity index (χ1n) is 6.24. The van der Waals surface area contributed by atoms with Gasteiger partial charge in [-0.2, -0.15) is 0 Å². The third-order valence-corrected chi connectivity index (χ3v) is 3.69. The van der Waals surface area contributed by atoms with Crippen molar-refractivity contribution in [1.29, 1.82) is 0 Å². The molecule has 0 spiro atoms. The van der Waals surface area contributed by atoms with Crippen molar-refractivity contribution in [2.24, 2.45) is 0 Å². The molecule has 3 rings (SSSR count). The Morgan fingerprint density at radius 1 is 1.41 bits per heavy atom. The maximum Gasteiger partial charge on any atom is 0.123 e. The van der Waals surface area contributed by atoms with Crippen LogP contribution in [0.15, 0.2) is 18.2 Å². The SMILES string of the molecule is Cc1[nH]c2ccc(F)cc2c1C[C@H]1CCCN1. The molecule has 0 bridgehead atoms. The standard InChI is InChI=1S/C14H17FN2/c1-9-12(8-11-3-2-6-16-11)13-7-10(15)4-5-14(13)17-9/h4-5,7,11,16-17H,2-3,6,8H2,1H3/t11-/m1/s1. The fourth-order valence-electron chi connectivity index (χ4n) is 2.79. The van der Waals surface area contributed by atoms with Crippen LogP contribution in [0.25, 0.3) is 10.9 Å². The maximum atomic E-state index is 13.3. The van der Waals surface area contributed by atoms with E-state index in [-0.39, 0.29) is 5.82 Å². The predicted molar refractivity (Wildman–Crippen MR) is 67.7 cm³/mol. The highest BCUT2D eigenvalue weighted by atomic mass is 19.1. The summed E-state index contributed by atoms with van der Waals surface area (Å²) in [5.41, 5.74) is 3.47. The molecule has 1 aromatic heterocycles. The van der Waals surface area contributed by atoms with Gasteiger partial charge in [0.1, 0.15) is 5.82 Å². The predicted octanol–water partition coefficient (Wildman–Crippen LogP) is 2.91. The van der Waals surface area contributed by atoms with Gasteiger partial charge >= 0.3 is 0 Å². The summed E-state index contributed by atoms with van der Waals surface area (Å²) in [6.45, 7) is 3.18. The average molecular weight is 232 g/mol. The fourth-order valence-corrected chi connectivity index (χ4v) is 2.79. The Morgan fingerprint density at radius 2 is 2.29 bits per heavy atom. The van der Waals surface area contributed by atoms with Crippen molar-refractivity contribution in [1.82, 2.24) is 10.3 Å². The molecule has 0 saturated carbocycles. The van der Waals surface area contributed by atoms with Crippen molar-refractivity contribution in [3.8, 4) is 0 Å². The summed E-state index contributed by atoms with van der Waals surface area (Å²) >= 11 is 0. The molecular formula is C14H17FN2. The number of aromatic amines is 1. The van der Waals surface area contributed by atoms with E-state index in [4.69, 9.17) is 0 Å². The summed E-state index contributed by atoms with van der Waals surface area (Å²) in [4.78, 5) is 3.33. The Kier molecular flexibility index (Phi) is 2.63. The monoisotopic (exact) mass is 232 g/mol. The Labute approximate surface area is 100 Å². The molecule has 1 aliphatic heterocycles. The first-order chi connectivity index (χ1) is 8.24. The molecule has 0 amide bonds. The molecule has 2 aromatic rings. The lowest BCUT2D eigenvalue weighted by molar-refractivity contribution is 0.603. The van der Waals surface area contributed by atoms with Gasteiger partial charge in [0.15, 0.2) is 0 Å². The zero-order chi connectivity index (χ0) is 11.8. The quantitative estimate of drug-likeness (QED) is 0.818. The molecule has 0 radical (unpaired) electrons. The van der Waals surface area contributed by atoms with Crippen molar-refractivity contribution < 1.29 is 4.39 Å². The van der Waals surface area contributed by atoms with Crippen LogP contribution in [0.1, 0.15) is 24.1 Å². The minimum atomic E-state index is -0.155. The Bertz CT molecular complexity index is 538. The van der Waals surface area contributed by atoms with Crippen LogP contribution >= 0.6 is 0 Å². The van der Waals surface area contributed by atoms with Crippen molar-refractivity contribution in [3.63, 3.8) is 0 Å². The van der Waals surface area contributed by atoms with Gasteiger partial charge in [0.25, 0.3) is 0 Å². The van der Waals surface area contributed by atoms with Gasteiger partial charge in [-0.25, -0.2) is 4.39 Å². The topological polar surface area (TPSA) is 27.8 Å². The van der Waals surface area contributed by atoms with Gasteiger partial charge in [0.2, 0.25) is 0 Å². The first kappa shape index (κ1) is 10.8. The summed E-state index contributed by atoms with van der Waals surface area (Å²) in [6, 6.07) is 5.53. The lowest BCUT2D eigenvalue weighted by Crippen LogP contribution is -2.23. The number of aromatic nitrogens is 1. The normalized spacial score (nSPS) is 20.2. The lowest BCUT2D eigenvalue weighted by Gasteiger charge is -2.10. The number of fused-ring (bicyclic) bond motifs is 1. The van der Waals surface area contributed by atoms with Gasteiger partial charge in [0.05, 0.1) is 0 Å². The van der Waals surface area contributed by atoms with E-state index in [0.29, 0.717) is 6.04 Å². The Hall–Kier alpha value is -1.35. The van der Waals surface area contributed by atoms with E-state index in [1.165, 1.54) is 30.2 Å². The van der Waals surface area contributed by atoms with Gasteiger partial charge in [-0.05, 0) is 56.5 Å². The van der Waals surface area contributed by atoms with Crippen molar-refractivity contribution >= 4 is 10.9 Å². The highest BCUT2D eigenvalue weighted by Gasteiger charge is 2.18. The highest BCUT2D eigenvalue weighted by molar-refractivity contribution is 5.84. The number of rotatable bonds is 2. The summed E-state index contributed by atoms with van der Waals surface area (Å²) < 4.78 is 13.3. The van der Waals surface area contributed by atoms with E-state index in [9.17, 15) is 4.39 Å². The Balaban J connectivity index is 2.01. The summed E-state index contributed by atoms with van der Waals surface area (Å²) in [5, 5.41) is 4.53. The molecular weight excluding hydrogens is 215 g/mol. The molecule has 1 aromatic carbocycles. The van der Waals surface area contributed by atoms with Crippen molar-refractivity contribution in [2.45, 2.75) is 32.2 Å². The van der Waals surface area contributed by atoms with E-state index < -0.39 is 0 Å². The van der Waals surface area contributed by atoms with E-state index in [1.807, 2.05) is 6.07 Å². The number of hydrogen-bond acceptors (Lipinski definition) is 1. The second-order valence-corrected chi connectivity index (χ2v) is 4.92. The smallest absolute Gasteiger partial charge is 0.123 e. The fraction of sp³-hybridized carbons (Fsp3) is 0.429. The minimum Gasteiger partial charge on any atom is -0.358 e. The summed E-state index contributed by atoms with van der Waals surface area (Å²) in [7, 11) is 0. The van der Waals surface area contributed by atoms with E-state index in [1.54, 1.807) is 6.07 Å². The van der Waals surface area contributed by atoms with Crippen LogP contribution in [-0.2, 0) is 6.42 Å². The molecule has 0 unspecified atom stereocenters. The van der Waals surface area contributed by atoms with Crippen LogP contribution in [0.5, 0.6) is 0 Å². The zero-order valence-electron chi connectivity index (χ0n) is 10.0. The van der Waals surface area contributed by atoms with Gasteiger partial charge in [-0.1, -0.05) is 0 Å². The minimum absolute atomic E-state index is 0.155. The first-order valence-corrected chi connectivity index (χ1v) is 6.24. The molecule has 1 atom stereocenters. The van der Waals surface area contributed by atoms with Crippen LogP contribution in [0, 0.1) is 12.7 Å². The Morgan fingerprint density at radius 3 is 3.06 bits per heavy atom. The molecule has 2 N–H and O–H groups in total. The van der Waals surface area contributed by atoms with Gasteiger partial charge < -0.3 is 10.3 Å². The number of nitrogens with one attached hydrogen (secondary N) is 2. The third kappa shape index (κ3) is 1.95. The lowest BCUT2D eigenvalue weighted by atomic mass is 10.0. The summed E-state index contributed by atoms with van der Waals surface area (Å²) in [5.74, 6) is -0.155. The number of aryl methyl sites for hydroxylation is 1. The van der Waals surface area contributed by atoms with Gasteiger partial charge in [-0.15, -0.1) is 0 Å². The van der Waals surface area contributed by atoms with Crippen LogP contribution in [-0.4, -0.2) is 17.6 Å². The summed E-state index contributed by atoms with van der Waals surface area (Å²) in [6.07, 6.45) is 3.47. The molecule has 1 fully saturated rings. The van der Waals surface area contributed by atoms with E-state index in [0.717, 1.165) is 23.9 Å². The average Bonchev–Trinajstić information content (AvgIpc) is 2.90. The molecule has 2 nitrogen and oxygen atoms in total. The van der Waals surface area contributed by atoms with Crippen LogP contribution in [0.4, 0.5) is 4.39 Å². The van der Waals surface area contributed by atoms with Crippen LogP contribution < -0.4 is 5.32 Å².